The molecule has 2 heterocycles. The van der Waals surface area contributed by atoms with E-state index in [4.69, 9.17) is 23.2 Å². The molecule has 0 aliphatic rings. The van der Waals surface area contributed by atoms with Gasteiger partial charge in [-0.05, 0) is 25.1 Å². The van der Waals surface area contributed by atoms with Crippen molar-refractivity contribution in [3.63, 3.8) is 0 Å². The summed E-state index contributed by atoms with van der Waals surface area (Å²) in [5, 5.41) is 6.09. The molecule has 1 atom stereocenters. The molecule has 0 fully saturated rings. The van der Waals surface area contributed by atoms with Crippen LogP contribution in [0, 0.1) is 0 Å². The van der Waals surface area contributed by atoms with E-state index in [9.17, 15) is 26.7 Å². The smallest absolute Gasteiger partial charge is 0.342 e. The maximum absolute atomic E-state index is 12.9. The molecule has 1 amide bonds. The van der Waals surface area contributed by atoms with E-state index in [0.29, 0.717) is 12.1 Å². The number of halogens is 7. The van der Waals surface area contributed by atoms with Crippen molar-refractivity contribution in [2.24, 2.45) is 0 Å². The van der Waals surface area contributed by atoms with E-state index in [2.05, 4.69) is 20.4 Å². The molecular weight excluding hydrogens is 508 g/mol. The minimum absolute atomic E-state index is 0. The van der Waals surface area contributed by atoms with Crippen LogP contribution in [0.1, 0.15) is 46.8 Å². The van der Waals surface area contributed by atoms with Crippen LogP contribution in [-0.4, -0.2) is 25.7 Å². The molecule has 15 heteroatoms. The molecular formula is C16H12Cl2F5N5OS2. The molecule has 0 saturated carbocycles. The number of hydrogen-bond donors (Lipinski definition) is 1. The minimum Gasteiger partial charge on any atom is -0.342 e. The normalized spacial score (nSPS) is 12.5. The summed E-state index contributed by atoms with van der Waals surface area (Å²) in [7, 11) is 0. The van der Waals surface area contributed by atoms with Crippen molar-refractivity contribution in [3.05, 3.63) is 56.5 Å². The van der Waals surface area contributed by atoms with Crippen LogP contribution < -0.4 is 5.32 Å². The van der Waals surface area contributed by atoms with Crippen LogP contribution in [0.4, 0.5) is 22.0 Å². The molecule has 1 aromatic carbocycles. The Morgan fingerprint density at radius 3 is 2.48 bits per heavy atom. The number of benzene rings is 1. The highest BCUT2D eigenvalue weighted by Gasteiger charge is 2.32. The Kier molecular flexibility index (Phi) is 7.89. The molecule has 6 nitrogen and oxygen atoms in total. The van der Waals surface area contributed by atoms with Crippen molar-refractivity contribution in [1.29, 1.82) is 0 Å². The summed E-state index contributed by atoms with van der Waals surface area (Å²) in [6.07, 6.45) is -6.47. The van der Waals surface area contributed by atoms with Gasteiger partial charge in [0.25, 0.3) is 12.3 Å². The summed E-state index contributed by atoms with van der Waals surface area (Å²) in [6, 6.07) is 1.57. The molecule has 0 unspecified atom stereocenters. The topological polar surface area (TPSA) is 72.7 Å². The predicted octanol–water partition coefficient (Wildman–Crippen LogP) is 5.59. The standard InChI is InChI=1S/C16H10Cl2F5N5OS.H2S/c1-6(26-14(29)7-2-8(16(21,22)23)4-9(17)3-7)13-24-5-25-28(13)15-27-10(12(19)20)11(18)30-15;/h2-6,12H,1H3,(H,26,29);1H2/t6-;/m0./s1. The van der Waals surface area contributed by atoms with E-state index in [0.717, 1.165) is 28.4 Å². The lowest BCUT2D eigenvalue weighted by Crippen LogP contribution is -2.29. The zero-order valence-corrected chi connectivity index (χ0v) is 18.5. The molecule has 0 aliphatic carbocycles. The van der Waals surface area contributed by atoms with Crippen LogP contribution in [0.2, 0.25) is 9.36 Å². The van der Waals surface area contributed by atoms with E-state index >= 15 is 0 Å². The number of carbonyl (C=O) groups excluding carboxylic acids is 1. The summed E-state index contributed by atoms with van der Waals surface area (Å²) in [5.74, 6) is -0.747. The van der Waals surface area contributed by atoms with E-state index in [1.807, 2.05) is 0 Å². The third-order valence-electron chi connectivity index (χ3n) is 3.78. The van der Waals surface area contributed by atoms with Gasteiger partial charge in [-0.15, -0.1) is 0 Å². The molecule has 1 N–H and O–H groups in total. The Bertz CT molecular complexity index is 1090. The summed E-state index contributed by atoms with van der Waals surface area (Å²) < 4.78 is 65.6. The van der Waals surface area contributed by atoms with Crippen LogP contribution in [-0.2, 0) is 6.18 Å². The van der Waals surface area contributed by atoms with Crippen LogP contribution in [0.25, 0.3) is 5.13 Å². The predicted molar refractivity (Wildman–Crippen MR) is 110 cm³/mol. The molecule has 0 saturated heterocycles. The third kappa shape index (κ3) is 5.64. The van der Waals surface area contributed by atoms with Gasteiger partial charge in [-0.25, -0.2) is 18.7 Å². The second-order valence-electron chi connectivity index (χ2n) is 5.91. The fourth-order valence-electron chi connectivity index (χ4n) is 2.45. The number of aromatic nitrogens is 4. The number of carbonyl (C=O) groups is 1. The van der Waals surface area contributed by atoms with E-state index in [-0.39, 0.29) is 39.4 Å². The highest BCUT2D eigenvalue weighted by molar-refractivity contribution is 7.59. The van der Waals surface area contributed by atoms with E-state index < -0.39 is 35.8 Å². The van der Waals surface area contributed by atoms with Crippen molar-refractivity contribution in [1.82, 2.24) is 25.1 Å². The van der Waals surface area contributed by atoms with Gasteiger partial charge < -0.3 is 5.32 Å². The summed E-state index contributed by atoms with van der Waals surface area (Å²) in [5.41, 5.74) is -2.01. The molecule has 0 spiro atoms. The highest BCUT2D eigenvalue weighted by Crippen LogP contribution is 2.34. The van der Waals surface area contributed by atoms with Gasteiger partial charge in [0.1, 0.15) is 16.4 Å². The first-order valence-electron chi connectivity index (χ1n) is 8.00. The second kappa shape index (κ2) is 9.67. The molecule has 3 rings (SSSR count). The maximum atomic E-state index is 12.9. The Balaban J connectivity index is 0.00000341. The number of nitrogens with zero attached hydrogens (tertiary/aromatic N) is 4. The van der Waals surface area contributed by atoms with Gasteiger partial charge in [0, 0.05) is 10.6 Å². The van der Waals surface area contributed by atoms with Crippen LogP contribution in [0.5, 0.6) is 0 Å². The average Bonchev–Trinajstić information content (AvgIpc) is 3.26. The number of rotatable bonds is 5. The highest BCUT2D eigenvalue weighted by atomic mass is 35.5. The van der Waals surface area contributed by atoms with Gasteiger partial charge in [-0.3, -0.25) is 4.79 Å². The van der Waals surface area contributed by atoms with Crippen LogP contribution >= 0.6 is 48.0 Å². The Morgan fingerprint density at radius 1 is 1.23 bits per heavy atom. The monoisotopic (exact) mass is 519 g/mol. The van der Waals surface area contributed by atoms with Crippen molar-refractivity contribution in [2.45, 2.75) is 25.6 Å². The lowest BCUT2D eigenvalue weighted by molar-refractivity contribution is -0.137. The van der Waals surface area contributed by atoms with Gasteiger partial charge in [0.2, 0.25) is 5.13 Å². The largest absolute Gasteiger partial charge is 0.416 e. The van der Waals surface area contributed by atoms with Crippen molar-refractivity contribution >= 4 is 53.9 Å². The first-order valence-corrected chi connectivity index (χ1v) is 9.58. The summed E-state index contributed by atoms with van der Waals surface area (Å²) >= 11 is 12.2. The number of hydrogen-bond acceptors (Lipinski definition) is 5. The molecule has 0 radical (unpaired) electrons. The van der Waals surface area contributed by atoms with Gasteiger partial charge in [0.15, 0.2) is 5.82 Å². The van der Waals surface area contributed by atoms with Gasteiger partial charge in [-0.2, -0.15) is 36.4 Å². The van der Waals surface area contributed by atoms with E-state index in [1.165, 1.54) is 6.92 Å². The zero-order chi connectivity index (χ0) is 22.2. The van der Waals surface area contributed by atoms with Gasteiger partial charge in [0.05, 0.1) is 11.6 Å². The number of alkyl halides is 5. The van der Waals surface area contributed by atoms with Crippen LogP contribution in [0.15, 0.2) is 24.5 Å². The van der Waals surface area contributed by atoms with E-state index in [1.54, 1.807) is 0 Å². The molecule has 0 bridgehead atoms. The average molecular weight is 520 g/mol. The minimum atomic E-state index is -4.68. The summed E-state index contributed by atoms with van der Waals surface area (Å²) in [4.78, 5) is 20.1. The molecule has 3 aromatic rings. The van der Waals surface area contributed by atoms with Crippen LogP contribution in [0.3, 0.4) is 0 Å². The Labute approximate surface area is 192 Å². The first-order chi connectivity index (χ1) is 14.0. The SMILES string of the molecule is C[C@H](NC(=O)c1cc(Cl)cc(C(F)(F)F)c1)c1ncnn1-c1nc(C(F)F)c(Cl)s1.S. The Hall–Kier alpha value is -1.96. The van der Waals surface area contributed by atoms with Gasteiger partial charge in [-0.1, -0.05) is 34.5 Å². The third-order valence-corrected chi connectivity index (χ3v) is 5.26. The Morgan fingerprint density at radius 2 is 1.90 bits per heavy atom. The zero-order valence-electron chi connectivity index (χ0n) is 15.2. The molecule has 168 valence electrons. The summed E-state index contributed by atoms with van der Waals surface area (Å²) in [6.45, 7) is 1.48. The number of thiazole rings is 1. The van der Waals surface area contributed by atoms with Crippen molar-refractivity contribution in [2.75, 3.05) is 0 Å². The fourth-order valence-corrected chi connectivity index (χ4v) is 3.79. The lowest BCUT2D eigenvalue weighted by atomic mass is 10.1. The van der Waals surface area contributed by atoms with Crippen molar-refractivity contribution in [3.8, 4) is 5.13 Å². The first kappa shape index (κ1) is 25.3. The lowest BCUT2D eigenvalue weighted by Gasteiger charge is -2.15. The maximum Gasteiger partial charge on any atom is 0.416 e. The second-order valence-corrected chi connectivity index (χ2v) is 7.92. The van der Waals surface area contributed by atoms with Crippen molar-refractivity contribution < 1.29 is 26.7 Å². The quantitative estimate of drug-likeness (QED) is 0.446. The van der Waals surface area contributed by atoms with Gasteiger partial charge >= 0.3 is 6.18 Å². The number of amides is 1. The molecule has 2 aromatic heterocycles. The molecule has 31 heavy (non-hydrogen) atoms. The molecule has 0 aliphatic heterocycles. The number of nitrogens with one attached hydrogen (secondary N) is 1. The fraction of sp³-hybridized carbons (Fsp3) is 0.250.